The number of nitrogens with two attached hydrogens (primary N) is 1. The average Bonchev–Trinajstić information content (AvgIpc) is 3.47. The Bertz CT molecular complexity index is 1920. The molecule has 0 unspecified atom stereocenters. The van der Waals surface area contributed by atoms with E-state index in [-0.39, 0.29) is 40.7 Å². The summed E-state index contributed by atoms with van der Waals surface area (Å²) in [6.45, 7) is 2.64. The topological polar surface area (TPSA) is 143 Å². The van der Waals surface area contributed by atoms with Gasteiger partial charge in [0.05, 0.1) is 23.8 Å². The zero-order valence-electron chi connectivity index (χ0n) is 28.6. The molecule has 1 fully saturated rings. The van der Waals surface area contributed by atoms with E-state index < -0.39 is 29.4 Å². The fourth-order valence-corrected chi connectivity index (χ4v) is 7.22. The molecule has 2 aromatic heterocycles. The van der Waals surface area contributed by atoms with Gasteiger partial charge in [0, 0.05) is 59.4 Å². The standard InChI is InChI=1S/C35H42F5N7O3S/c1-19(41)43-11-10-23-8-5-9-27(44-23)31-26(36)15-24(16-30(31)51-3)47-17-21-14-28(45-33(21)46-34(47)48)25-12-20(6-4-7-22(42)18-49-2)13-29(32(25)37)50-35(38,39)40/h12-17,22-23,27,44H,4-11,18,42H2,1-3H3,(H2,41,43)(H,45,46,48)/t22-,23+,27+/m1/s1. The van der Waals surface area contributed by atoms with Gasteiger partial charge in [0.1, 0.15) is 11.5 Å². The first-order chi connectivity index (χ1) is 24.3. The molecular weight excluding hydrogens is 693 g/mol. The molecule has 0 spiro atoms. The van der Waals surface area contributed by atoms with Crippen molar-refractivity contribution in [3.63, 3.8) is 0 Å². The maximum Gasteiger partial charge on any atom is 0.573 e. The second-order valence-electron chi connectivity index (χ2n) is 12.7. The number of nitrogens with zero attached hydrogens (tertiary/aromatic N) is 2. The molecule has 0 bridgehead atoms. The number of methoxy groups -OCH3 is 1. The van der Waals surface area contributed by atoms with E-state index in [4.69, 9.17) is 15.9 Å². The first-order valence-electron chi connectivity index (χ1n) is 16.6. The van der Waals surface area contributed by atoms with Crippen molar-refractivity contribution in [2.75, 3.05) is 26.5 Å². The van der Waals surface area contributed by atoms with Crippen LogP contribution in [0, 0.1) is 17.0 Å². The van der Waals surface area contributed by atoms with Crippen LogP contribution in [0.4, 0.5) is 22.0 Å². The number of fused-ring (bicyclic) bond motifs is 1. The molecule has 0 radical (unpaired) electrons. The molecule has 3 heterocycles. The van der Waals surface area contributed by atoms with E-state index in [0.717, 1.165) is 31.7 Å². The molecule has 1 aliphatic heterocycles. The van der Waals surface area contributed by atoms with Gasteiger partial charge in [-0.1, -0.05) is 6.42 Å². The van der Waals surface area contributed by atoms with E-state index in [1.165, 1.54) is 47.8 Å². The zero-order chi connectivity index (χ0) is 36.9. The number of hydrogen-bond donors (Lipinski definition) is 5. The molecule has 10 nitrogen and oxygen atoms in total. The summed E-state index contributed by atoms with van der Waals surface area (Å²) in [4.78, 5) is 20.8. The quantitative estimate of drug-likeness (QED) is 0.0415. The number of alkyl halides is 3. The normalized spacial score (nSPS) is 17.1. The molecule has 5 rings (SSSR count). The van der Waals surface area contributed by atoms with Crippen molar-refractivity contribution >= 4 is 28.6 Å². The number of rotatable bonds is 14. The Hall–Kier alpha value is -3.99. The predicted molar refractivity (Wildman–Crippen MR) is 188 cm³/mol. The van der Waals surface area contributed by atoms with Crippen LogP contribution in [0.25, 0.3) is 28.0 Å². The highest BCUT2D eigenvalue weighted by Crippen LogP contribution is 2.37. The molecule has 6 N–H and O–H groups in total. The number of hydrogen-bond acceptors (Lipinski definition) is 8. The lowest BCUT2D eigenvalue weighted by molar-refractivity contribution is -0.275. The number of benzene rings is 2. The third-order valence-electron chi connectivity index (χ3n) is 8.83. The van der Waals surface area contributed by atoms with E-state index in [2.05, 4.69) is 25.3 Å². The molecule has 0 saturated carbocycles. The third-order valence-corrected chi connectivity index (χ3v) is 9.61. The number of halogens is 5. The van der Waals surface area contributed by atoms with Crippen LogP contribution in [0.2, 0.25) is 0 Å². The number of thioether (sulfide) groups is 1. The Balaban J connectivity index is 1.46. The minimum Gasteiger partial charge on any atom is -0.403 e. The van der Waals surface area contributed by atoms with E-state index in [1.807, 2.05) is 6.26 Å². The Morgan fingerprint density at radius 3 is 2.71 bits per heavy atom. The molecule has 4 aromatic rings. The average molecular weight is 736 g/mol. The van der Waals surface area contributed by atoms with Crippen LogP contribution >= 0.6 is 11.8 Å². The zero-order valence-corrected chi connectivity index (χ0v) is 29.4. The van der Waals surface area contributed by atoms with E-state index >= 15 is 8.78 Å². The summed E-state index contributed by atoms with van der Waals surface area (Å²) in [5, 5.41) is 14.5. The van der Waals surface area contributed by atoms with Gasteiger partial charge in [-0.25, -0.2) is 13.6 Å². The Morgan fingerprint density at radius 2 is 2.00 bits per heavy atom. The minimum absolute atomic E-state index is 0.0761. The Kier molecular flexibility index (Phi) is 12.4. The number of aryl methyl sites for hydroxylation is 1. The first-order valence-corrected chi connectivity index (χ1v) is 17.9. The number of aromatic nitrogens is 3. The molecular formula is C35H42F5N7O3S. The maximum absolute atomic E-state index is 15.9. The second-order valence-corrected chi connectivity index (χ2v) is 13.6. The predicted octanol–water partition coefficient (Wildman–Crippen LogP) is 6.74. The molecule has 51 heavy (non-hydrogen) atoms. The van der Waals surface area contributed by atoms with Gasteiger partial charge in [-0.3, -0.25) is 9.98 Å². The van der Waals surface area contributed by atoms with Crippen molar-refractivity contribution in [2.24, 2.45) is 5.73 Å². The summed E-state index contributed by atoms with van der Waals surface area (Å²) in [5.74, 6) is -2.32. The number of amidine groups is 1. The summed E-state index contributed by atoms with van der Waals surface area (Å²) < 4.78 is 81.5. The minimum atomic E-state index is -5.13. The molecule has 0 aliphatic carbocycles. The lowest BCUT2D eigenvalue weighted by Crippen LogP contribution is -2.39. The molecule has 276 valence electrons. The van der Waals surface area contributed by atoms with Gasteiger partial charge < -0.3 is 30.8 Å². The van der Waals surface area contributed by atoms with Gasteiger partial charge in [-0.2, -0.15) is 4.98 Å². The Morgan fingerprint density at radius 1 is 1.22 bits per heavy atom. The first kappa shape index (κ1) is 38.2. The van der Waals surface area contributed by atoms with Crippen molar-refractivity contribution in [3.8, 4) is 22.7 Å². The van der Waals surface area contributed by atoms with Crippen LogP contribution in [0.15, 0.2) is 46.2 Å². The monoisotopic (exact) mass is 735 g/mol. The van der Waals surface area contributed by atoms with E-state index in [9.17, 15) is 18.0 Å². The fourth-order valence-electron chi connectivity index (χ4n) is 6.52. The molecule has 1 saturated heterocycles. The summed E-state index contributed by atoms with van der Waals surface area (Å²) in [5.41, 5.74) is 6.34. The van der Waals surface area contributed by atoms with Crippen molar-refractivity contribution in [1.29, 1.82) is 5.41 Å². The van der Waals surface area contributed by atoms with Crippen LogP contribution in [-0.4, -0.2) is 65.3 Å². The van der Waals surface area contributed by atoms with Crippen LogP contribution in [0.1, 0.15) is 62.6 Å². The van der Waals surface area contributed by atoms with Gasteiger partial charge in [-0.05, 0) is 87.6 Å². The van der Waals surface area contributed by atoms with Crippen molar-refractivity contribution in [2.45, 2.75) is 81.3 Å². The lowest BCUT2D eigenvalue weighted by Gasteiger charge is -2.33. The summed E-state index contributed by atoms with van der Waals surface area (Å²) in [6, 6.07) is 6.56. The van der Waals surface area contributed by atoms with Crippen LogP contribution in [0.5, 0.6) is 5.75 Å². The summed E-state index contributed by atoms with van der Waals surface area (Å²) in [7, 11) is 1.52. The number of ether oxygens (including phenoxy) is 2. The van der Waals surface area contributed by atoms with E-state index in [1.54, 1.807) is 13.0 Å². The number of piperidine rings is 1. The highest BCUT2D eigenvalue weighted by atomic mass is 32.2. The van der Waals surface area contributed by atoms with Gasteiger partial charge in [0.15, 0.2) is 11.6 Å². The van der Waals surface area contributed by atoms with Gasteiger partial charge in [0.25, 0.3) is 0 Å². The summed E-state index contributed by atoms with van der Waals surface area (Å²) >= 11 is 1.35. The van der Waals surface area contributed by atoms with E-state index in [0.29, 0.717) is 59.7 Å². The second kappa shape index (κ2) is 16.6. The van der Waals surface area contributed by atoms with Crippen LogP contribution in [0.3, 0.4) is 0 Å². The number of H-pyrrole nitrogens is 1. The van der Waals surface area contributed by atoms with Crippen molar-refractivity contribution in [1.82, 2.24) is 25.2 Å². The van der Waals surface area contributed by atoms with Crippen molar-refractivity contribution < 1.29 is 31.4 Å². The largest absolute Gasteiger partial charge is 0.573 e. The van der Waals surface area contributed by atoms with Gasteiger partial charge in [0.2, 0.25) is 0 Å². The molecule has 0 amide bonds. The lowest BCUT2D eigenvalue weighted by atomic mass is 9.91. The molecule has 1 aliphatic rings. The maximum atomic E-state index is 15.9. The van der Waals surface area contributed by atoms with Crippen LogP contribution in [-0.2, 0) is 11.2 Å². The smallest absolute Gasteiger partial charge is 0.403 e. The molecule has 16 heteroatoms. The highest BCUT2D eigenvalue weighted by molar-refractivity contribution is 7.98. The van der Waals surface area contributed by atoms with Crippen molar-refractivity contribution in [3.05, 3.63) is 69.8 Å². The van der Waals surface area contributed by atoms with Gasteiger partial charge in [-0.15, -0.1) is 24.9 Å². The fraction of sp³-hybridized carbons (Fsp3) is 0.457. The van der Waals surface area contributed by atoms with Gasteiger partial charge >= 0.3 is 12.1 Å². The van der Waals surface area contributed by atoms with Crippen LogP contribution < -0.4 is 26.8 Å². The number of nitrogens with one attached hydrogen (secondary N) is 4. The highest BCUT2D eigenvalue weighted by Gasteiger charge is 2.33. The summed E-state index contributed by atoms with van der Waals surface area (Å²) in [6.07, 6.45) is 2.83. The SMILES string of the molecule is COC[C@H](N)CCCc1cc(OC(F)(F)F)c(F)c(-c2cc3cn(-c4cc(F)c([C@@H]5CCC[C@@H](CCNC(C)=N)N5)c(SC)c4)c(=O)nc3[nH]2)c1. The molecule has 3 atom stereocenters. The molecule has 2 aromatic carbocycles. The Labute approximate surface area is 296 Å². The number of aromatic amines is 1. The third kappa shape index (κ3) is 9.67.